The number of pyridine rings is 1. The van der Waals surface area contributed by atoms with Crippen LogP contribution in [-0.4, -0.2) is 44.3 Å². The van der Waals surface area contributed by atoms with E-state index in [4.69, 9.17) is 5.73 Å². The van der Waals surface area contributed by atoms with E-state index in [1.807, 2.05) is 6.92 Å². The molecule has 3 heterocycles. The zero-order valence-corrected chi connectivity index (χ0v) is 14.3. The second kappa shape index (κ2) is 7.34. The molecular weight excluding hydrogens is 336 g/mol. The lowest BCUT2D eigenvalue weighted by molar-refractivity contribution is -0.146. The summed E-state index contributed by atoms with van der Waals surface area (Å²) in [6, 6.07) is 1.19. The maximum absolute atomic E-state index is 12.7. The quantitative estimate of drug-likeness (QED) is 0.701. The first-order chi connectivity index (χ1) is 12.5. The summed E-state index contributed by atoms with van der Waals surface area (Å²) in [4.78, 5) is 41.8. The highest BCUT2D eigenvalue weighted by Crippen LogP contribution is 2.32. The van der Waals surface area contributed by atoms with Crippen LogP contribution in [0.1, 0.15) is 41.7 Å². The molecule has 1 aliphatic heterocycles. The molecule has 0 spiro atoms. The first-order valence-corrected chi connectivity index (χ1v) is 8.31. The molecule has 2 aromatic rings. The normalized spacial score (nSPS) is 19.8. The molecule has 1 fully saturated rings. The number of piperidine rings is 1. The summed E-state index contributed by atoms with van der Waals surface area (Å²) < 4.78 is 0. The third kappa shape index (κ3) is 3.71. The molecule has 0 radical (unpaired) electrons. The molecule has 26 heavy (non-hydrogen) atoms. The second-order valence-corrected chi connectivity index (χ2v) is 6.47. The molecule has 0 aromatic carbocycles. The van der Waals surface area contributed by atoms with Gasteiger partial charge < -0.3 is 16.0 Å². The average Bonchev–Trinajstić information content (AvgIpc) is 3.15. The lowest BCUT2D eigenvalue weighted by Gasteiger charge is -2.37. The Hall–Kier alpha value is -3.23. The number of nitrogens with one attached hydrogen (secondary N) is 2. The van der Waals surface area contributed by atoms with Crippen LogP contribution in [0.3, 0.4) is 0 Å². The number of aromatic amines is 1. The molecule has 9 heteroatoms. The van der Waals surface area contributed by atoms with E-state index < -0.39 is 17.7 Å². The van der Waals surface area contributed by atoms with Gasteiger partial charge in [-0.05, 0) is 24.8 Å². The first kappa shape index (κ1) is 17.6. The average molecular weight is 356 g/mol. The van der Waals surface area contributed by atoms with Gasteiger partial charge in [0.05, 0.1) is 29.7 Å². The maximum atomic E-state index is 12.7. The van der Waals surface area contributed by atoms with Crippen LogP contribution in [0.25, 0.3) is 0 Å². The fourth-order valence-corrected chi connectivity index (χ4v) is 3.12. The molecule has 1 saturated heterocycles. The molecule has 0 bridgehead atoms. The number of primary amides is 1. The third-order valence-corrected chi connectivity index (χ3v) is 4.46. The topological polar surface area (TPSA) is 134 Å². The van der Waals surface area contributed by atoms with Crippen molar-refractivity contribution in [2.45, 2.75) is 25.8 Å². The summed E-state index contributed by atoms with van der Waals surface area (Å²) in [6.07, 6.45) is 7.77. The van der Waals surface area contributed by atoms with E-state index in [1.165, 1.54) is 18.5 Å². The van der Waals surface area contributed by atoms with Crippen molar-refractivity contribution in [3.8, 4) is 0 Å². The molecule has 3 rings (SSSR count). The number of aromatic nitrogens is 3. The summed E-state index contributed by atoms with van der Waals surface area (Å²) in [5, 5.41) is 9.17. The number of H-pyrrole nitrogens is 1. The minimum Gasteiger partial charge on any atom is -0.366 e. The predicted octanol–water partition coefficient (Wildman–Crippen LogP) is 0.842. The van der Waals surface area contributed by atoms with Crippen LogP contribution in [-0.2, 0) is 9.59 Å². The third-order valence-electron chi connectivity index (χ3n) is 4.46. The molecule has 1 aliphatic rings. The van der Waals surface area contributed by atoms with Gasteiger partial charge >= 0.3 is 11.8 Å². The molecular formula is C17H20N6O3. The van der Waals surface area contributed by atoms with Gasteiger partial charge in [0.25, 0.3) is 0 Å². The highest BCUT2D eigenvalue weighted by Gasteiger charge is 2.34. The molecule has 136 valence electrons. The molecule has 9 nitrogen and oxygen atoms in total. The van der Waals surface area contributed by atoms with Crippen LogP contribution in [0.5, 0.6) is 0 Å². The van der Waals surface area contributed by atoms with Gasteiger partial charge in [0.1, 0.15) is 0 Å². The van der Waals surface area contributed by atoms with Crippen LogP contribution in [0.2, 0.25) is 0 Å². The Morgan fingerprint density at radius 2 is 2.08 bits per heavy atom. The molecule has 2 atom stereocenters. The van der Waals surface area contributed by atoms with Crippen molar-refractivity contribution in [3.05, 3.63) is 42.0 Å². The van der Waals surface area contributed by atoms with E-state index in [1.54, 1.807) is 17.3 Å². The van der Waals surface area contributed by atoms with Crippen LogP contribution < -0.4 is 11.1 Å². The zero-order valence-electron chi connectivity index (χ0n) is 14.3. The molecule has 0 aliphatic carbocycles. The smallest absolute Gasteiger partial charge is 0.313 e. The number of rotatable bonds is 3. The number of nitrogens with zero attached hydrogens (tertiary/aromatic N) is 3. The molecule has 0 unspecified atom stereocenters. The van der Waals surface area contributed by atoms with Gasteiger partial charge in [-0.1, -0.05) is 6.92 Å². The Labute approximate surface area is 150 Å². The van der Waals surface area contributed by atoms with E-state index in [9.17, 15) is 14.4 Å². The number of carbonyl (C=O) groups excluding carboxylic acids is 3. The van der Waals surface area contributed by atoms with E-state index in [0.717, 1.165) is 18.4 Å². The van der Waals surface area contributed by atoms with Crippen LogP contribution in [0.4, 0.5) is 5.69 Å². The number of likely N-dealkylation sites (tertiary alicyclic amines) is 1. The zero-order chi connectivity index (χ0) is 18.7. The van der Waals surface area contributed by atoms with Gasteiger partial charge in [0.15, 0.2) is 0 Å². The number of anilines is 1. The number of amides is 3. The van der Waals surface area contributed by atoms with Gasteiger partial charge in [0.2, 0.25) is 5.91 Å². The summed E-state index contributed by atoms with van der Waals surface area (Å²) in [7, 11) is 0. The van der Waals surface area contributed by atoms with E-state index in [2.05, 4.69) is 20.5 Å². The monoisotopic (exact) mass is 356 g/mol. The minimum atomic E-state index is -0.781. The highest BCUT2D eigenvalue weighted by molar-refractivity contribution is 6.39. The number of carbonyl (C=O) groups is 3. The lowest BCUT2D eigenvalue weighted by atomic mass is 9.91. The van der Waals surface area contributed by atoms with Gasteiger partial charge in [-0.15, -0.1) is 0 Å². The maximum Gasteiger partial charge on any atom is 0.313 e. The Bertz CT molecular complexity index is 820. The minimum absolute atomic E-state index is 0.151. The van der Waals surface area contributed by atoms with Crippen LogP contribution >= 0.6 is 0 Å². The fourth-order valence-electron chi connectivity index (χ4n) is 3.12. The van der Waals surface area contributed by atoms with Gasteiger partial charge in [-0.2, -0.15) is 5.10 Å². The lowest BCUT2D eigenvalue weighted by Crippen LogP contribution is -2.46. The van der Waals surface area contributed by atoms with Crippen molar-refractivity contribution < 1.29 is 14.4 Å². The number of hydrogen-bond acceptors (Lipinski definition) is 5. The first-order valence-electron chi connectivity index (χ1n) is 8.31. The van der Waals surface area contributed by atoms with Crippen LogP contribution in [0, 0.1) is 5.92 Å². The second-order valence-electron chi connectivity index (χ2n) is 6.47. The van der Waals surface area contributed by atoms with Crippen LogP contribution in [0.15, 0.2) is 30.9 Å². The highest BCUT2D eigenvalue weighted by atomic mass is 16.2. The molecule has 0 saturated carbocycles. The van der Waals surface area contributed by atoms with Crippen molar-refractivity contribution in [1.29, 1.82) is 0 Å². The van der Waals surface area contributed by atoms with E-state index >= 15 is 0 Å². The van der Waals surface area contributed by atoms with E-state index in [-0.39, 0.29) is 17.3 Å². The van der Waals surface area contributed by atoms with Gasteiger partial charge in [-0.3, -0.25) is 24.5 Å². The molecule has 3 amide bonds. The standard InChI is InChI=1S/C17H20N6O3/c1-10-2-3-14(12-6-20-21-7-12)23(9-10)17(26)16(25)22-13-4-11(15(18)24)5-19-8-13/h4-8,10,14H,2-3,9H2,1H3,(H2,18,24)(H,20,21)(H,22,25)/t10-,14+/m0/s1. The Morgan fingerprint density at radius 3 is 2.77 bits per heavy atom. The summed E-state index contributed by atoms with van der Waals surface area (Å²) in [5.41, 5.74) is 6.46. The van der Waals surface area contributed by atoms with Crippen molar-refractivity contribution in [3.63, 3.8) is 0 Å². The summed E-state index contributed by atoms with van der Waals surface area (Å²) in [5.74, 6) is -1.78. The Kier molecular flexibility index (Phi) is 4.97. The van der Waals surface area contributed by atoms with Gasteiger partial charge in [0, 0.05) is 24.5 Å². The summed E-state index contributed by atoms with van der Waals surface area (Å²) >= 11 is 0. The van der Waals surface area contributed by atoms with Crippen molar-refractivity contribution >= 4 is 23.4 Å². The number of hydrogen-bond donors (Lipinski definition) is 3. The Morgan fingerprint density at radius 1 is 1.27 bits per heavy atom. The predicted molar refractivity (Wildman–Crippen MR) is 92.8 cm³/mol. The molecule has 2 aromatic heterocycles. The van der Waals surface area contributed by atoms with Crippen molar-refractivity contribution in [2.75, 3.05) is 11.9 Å². The SMILES string of the molecule is C[C@H]1CC[C@H](c2cn[nH]c2)N(C(=O)C(=O)Nc2cncc(C(N)=O)c2)C1. The van der Waals surface area contributed by atoms with E-state index in [0.29, 0.717) is 12.5 Å². The fraction of sp³-hybridized carbons (Fsp3) is 0.353. The number of nitrogens with two attached hydrogens (primary N) is 1. The summed E-state index contributed by atoms with van der Waals surface area (Å²) in [6.45, 7) is 2.53. The van der Waals surface area contributed by atoms with Crippen molar-refractivity contribution in [2.24, 2.45) is 11.7 Å². The van der Waals surface area contributed by atoms with Gasteiger partial charge in [-0.25, -0.2) is 0 Å². The largest absolute Gasteiger partial charge is 0.366 e. The molecule has 4 N–H and O–H groups in total. The Balaban J connectivity index is 1.76. The van der Waals surface area contributed by atoms with Crippen molar-refractivity contribution in [1.82, 2.24) is 20.1 Å².